The summed E-state index contributed by atoms with van der Waals surface area (Å²) in [5.74, 6) is -0.640. The van der Waals surface area contributed by atoms with Gasteiger partial charge in [-0.15, -0.1) is 0 Å². The average molecular weight is 512 g/mol. The molecule has 0 spiro atoms. The molecule has 2 aliphatic heterocycles. The third kappa shape index (κ3) is 5.81. The number of carbonyl (C=O) groups excluding carboxylic acids is 1. The van der Waals surface area contributed by atoms with Crippen LogP contribution in [0.5, 0.6) is 0 Å². The SMILES string of the molecule is C[C@@H](OC1C2COCC1CN(C(=O)OC(C)(C)C)C2)c1nc(-c2ccc(S(C)(=O)=O)c(F)c2)no1. The van der Waals surface area contributed by atoms with E-state index >= 15 is 0 Å². The lowest BCUT2D eigenvalue weighted by Gasteiger charge is -2.47. The molecule has 2 aromatic rings. The van der Waals surface area contributed by atoms with Crippen molar-refractivity contribution in [2.75, 3.05) is 32.6 Å². The first kappa shape index (κ1) is 25.5. The summed E-state index contributed by atoms with van der Waals surface area (Å²) in [7, 11) is -3.69. The molecule has 12 heteroatoms. The van der Waals surface area contributed by atoms with Crippen LogP contribution in [0.2, 0.25) is 0 Å². The maximum atomic E-state index is 14.3. The van der Waals surface area contributed by atoms with Gasteiger partial charge in [0.25, 0.3) is 5.89 Å². The van der Waals surface area contributed by atoms with Gasteiger partial charge in [0, 0.05) is 36.7 Å². The van der Waals surface area contributed by atoms with Crippen LogP contribution in [0.4, 0.5) is 9.18 Å². The van der Waals surface area contributed by atoms with Crippen molar-refractivity contribution in [1.29, 1.82) is 0 Å². The zero-order chi connectivity index (χ0) is 25.5. The smallest absolute Gasteiger partial charge is 0.410 e. The molecule has 0 radical (unpaired) electrons. The lowest BCUT2D eigenvalue weighted by Crippen LogP contribution is -2.58. The molecule has 3 atom stereocenters. The minimum Gasteiger partial charge on any atom is -0.444 e. The van der Waals surface area contributed by atoms with Crippen LogP contribution >= 0.6 is 0 Å². The molecule has 0 saturated carbocycles. The predicted molar refractivity (Wildman–Crippen MR) is 122 cm³/mol. The molecule has 4 rings (SSSR count). The second kappa shape index (κ2) is 9.47. The predicted octanol–water partition coefficient (Wildman–Crippen LogP) is 3.24. The Bertz CT molecular complexity index is 1180. The molecule has 1 amide bonds. The van der Waals surface area contributed by atoms with Gasteiger partial charge in [-0.1, -0.05) is 5.16 Å². The Kier molecular flexibility index (Phi) is 6.91. The van der Waals surface area contributed by atoms with Gasteiger partial charge in [-0.3, -0.25) is 0 Å². The second-order valence-corrected chi connectivity index (χ2v) is 12.0. The third-order valence-corrected chi connectivity index (χ3v) is 7.02. The van der Waals surface area contributed by atoms with Crippen LogP contribution in [0.25, 0.3) is 11.4 Å². The Morgan fingerprint density at radius 1 is 1.23 bits per heavy atom. The molecule has 2 aliphatic rings. The Balaban J connectivity index is 1.44. The molecule has 35 heavy (non-hydrogen) atoms. The number of hydrogen-bond donors (Lipinski definition) is 0. The summed E-state index contributed by atoms with van der Waals surface area (Å²) < 4.78 is 60.4. The molecular formula is C23H30FN3O7S. The largest absolute Gasteiger partial charge is 0.444 e. The molecule has 2 unspecified atom stereocenters. The Labute approximate surface area is 203 Å². The standard InChI is InChI=1S/C23H30FN3O7S/c1-13(21-25-20(26-34-21)14-6-7-18(17(24)8-14)35(5,29)30)32-19-15-9-27(10-16(19)12-31-11-15)22(28)33-23(2,3)4/h6-8,13,15-16,19H,9-12H2,1-5H3/t13-,15?,16?,19?/m1/s1. The highest BCUT2D eigenvalue weighted by molar-refractivity contribution is 7.90. The fourth-order valence-electron chi connectivity index (χ4n) is 4.35. The zero-order valence-electron chi connectivity index (χ0n) is 20.4. The number of rotatable bonds is 5. The number of nitrogens with zero attached hydrogens (tertiary/aromatic N) is 3. The summed E-state index contributed by atoms with van der Waals surface area (Å²) in [6.45, 7) is 9.08. The van der Waals surface area contributed by atoms with Gasteiger partial charge in [0.1, 0.15) is 22.4 Å². The van der Waals surface area contributed by atoms with Gasteiger partial charge in [0.05, 0.1) is 19.3 Å². The summed E-state index contributed by atoms with van der Waals surface area (Å²) >= 11 is 0. The quantitative estimate of drug-likeness (QED) is 0.595. The molecular weight excluding hydrogens is 481 g/mol. The number of hydrogen-bond acceptors (Lipinski definition) is 9. The summed E-state index contributed by atoms with van der Waals surface area (Å²) in [6.07, 6.45) is -0.150. The van der Waals surface area contributed by atoms with Gasteiger partial charge in [0.15, 0.2) is 9.84 Å². The van der Waals surface area contributed by atoms with Crippen LogP contribution in [0.3, 0.4) is 0 Å². The van der Waals surface area contributed by atoms with Crippen molar-refractivity contribution in [3.8, 4) is 11.4 Å². The van der Waals surface area contributed by atoms with Crippen molar-refractivity contribution in [3.05, 3.63) is 29.9 Å². The fourth-order valence-corrected chi connectivity index (χ4v) is 5.08. The van der Waals surface area contributed by atoms with E-state index in [0.717, 1.165) is 12.3 Å². The third-order valence-electron chi connectivity index (χ3n) is 5.89. The number of fused-ring (bicyclic) bond motifs is 2. The number of aromatic nitrogens is 2. The van der Waals surface area contributed by atoms with Crippen molar-refractivity contribution in [3.63, 3.8) is 0 Å². The van der Waals surface area contributed by atoms with E-state index in [1.54, 1.807) is 11.8 Å². The van der Waals surface area contributed by atoms with Crippen molar-refractivity contribution in [1.82, 2.24) is 15.0 Å². The van der Waals surface area contributed by atoms with Crippen molar-refractivity contribution < 1.29 is 36.3 Å². The number of piperidine rings is 1. The molecule has 192 valence electrons. The first-order valence-electron chi connectivity index (χ1n) is 11.4. The number of amides is 1. The number of ether oxygens (including phenoxy) is 3. The Hall–Kier alpha value is -2.57. The molecule has 0 aliphatic carbocycles. The summed E-state index contributed by atoms with van der Waals surface area (Å²) in [6, 6.07) is 3.66. The van der Waals surface area contributed by atoms with Gasteiger partial charge < -0.3 is 23.6 Å². The minimum absolute atomic E-state index is 0.0440. The molecule has 2 saturated heterocycles. The molecule has 1 aromatic heterocycles. The van der Waals surface area contributed by atoms with Crippen molar-refractivity contribution in [2.24, 2.45) is 11.8 Å². The maximum absolute atomic E-state index is 14.3. The van der Waals surface area contributed by atoms with Crippen molar-refractivity contribution >= 4 is 15.9 Å². The maximum Gasteiger partial charge on any atom is 0.410 e. The van der Waals surface area contributed by atoms with Gasteiger partial charge >= 0.3 is 6.09 Å². The van der Waals surface area contributed by atoms with E-state index in [9.17, 15) is 17.6 Å². The van der Waals surface area contributed by atoms with Crippen LogP contribution in [0.15, 0.2) is 27.6 Å². The van der Waals surface area contributed by atoms with Crippen LogP contribution in [0.1, 0.15) is 39.7 Å². The van der Waals surface area contributed by atoms with Crippen LogP contribution in [-0.2, 0) is 24.0 Å². The normalized spacial score (nSPS) is 23.7. The number of carbonyl (C=O) groups is 1. The van der Waals surface area contributed by atoms with E-state index in [1.807, 2.05) is 20.8 Å². The number of sulfone groups is 1. The zero-order valence-corrected chi connectivity index (χ0v) is 21.2. The summed E-state index contributed by atoms with van der Waals surface area (Å²) in [5, 5.41) is 3.90. The van der Waals surface area contributed by atoms with Gasteiger partial charge in [-0.05, 0) is 45.9 Å². The van der Waals surface area contributed by atoms with Crippen LogP contribution in [0, 0.1) is 17.7 Å². The molecule has 1 aromatic carbocycles. The Morgan fingerprint density at radius 3 is 2.46 bits per heavy atom. The summed E-state index contributed by atoms with van der Waals surface area (Å²) in [5.41, 5.74) is -0.290. The van der Waals surface area contributed by atoms with Crippen molar-refractivity contribution in [2.45, 2.75) is 50.4 Å². The van der Waals surface area contributed by atoms with E-state index in [-0.39, 0.29) is 41.3 Å². The van der Waals surface area contributed by atoms with E-state index in [4.69, 9.17) is 18.7 Å². The van der Waals surface area contributed by atoms with E-state index in [2.05, 4.69) is 10.1 Å². The number of halogens is 1. The fraction of sp³-hybridized carbons (Fsp3) is 0.609. The van der Waals surface area contributed by atoms with Gasteiger partial charge in [-0.2, -0.15) is 4.98 Å². The lowest BCUT2D eigenvalue weighted by molar-refractivity contribution is -0.168. The average Bonchev–Trinajstić information content (AvgIpc) is 3.21. The second-order valence-electron chi connectivity index (χ2n) is 10.1. The minimum atomic E-state index is -3.69. The monoisotopic (exact) mass is 511 g/mol. The number of likely N-dealkylation sites (tertiary alicyclic amines) is 1. The molecule has 2 bridgehead atoms. The topological polar surface area (TPSA) is 121 Å². The molecule has 0 N–H and O–H groups in total. The van der Waals surface area contributed by atoms with Crippen LogP contribution < -0.4 is 0 Å². The van der Waals surface area contributed by atoms with E-state index in [0.29, 0.717) is 26.3 Å². The highest BCUT2D eigenvalue weighted by Crippen LogP contribution is 2.34. The highest BCUT2D eigenvalue weighted by atomic mass is 32.2. The highest BCUT2D eigenvalue weighted by Gasteiger charge is 2.44. The van der Waals surface area contributed by atoms with Gasteiger partial charge in [-0.25, -0.2) is 17.6 Å². The summed E-state index contributed by atoms with van der Waals surface area (Å²) in [4.78, 5) is 18.2. The molecule has 3 heterocycles. The van der Waals surface area contributed by atoms with Crippen LogP contribution in [-0.4, -0.2) is 73.8 Å². The number of benzene rings is 1. The lowest BCUT2D eigenvalue weighted by atomic mass is 9.84. The van der Waals surface area contributed by atoms with Gasteiger partial charge in [0.2, 0.25) is 5.82 Å². The molecule has 2 fully saturated rings. The first-order chi connectivity index (χ1) is 16.3. The van der Waals surface area contributed by atoms with E-state index in [1.165, 1.54) is 12.1 Å². The molecule has 10 nitrogen and oxygen atoms in total. The Morgan fingerprint density at radius 2 is 1.89 bits per heavy atom. The van der Waals surface area contributed by atoms with E-state index < -0.39 is 32.3 Å². The first-order valence-corrected chi connectivity index (χ1v) is 13.3.